The number of nitrogens with zero attached hydrogens (tertiary/aromatic N) is 7. The summed E-state index contributed by atoms with van der Waals surface area (Å²) in [5.41, 5.74) is 5.73. The Hall–Kier alpha value is -2.69. The number of aromatic nitrogens is 5. The number of nitriles is 1. The van der Waals surface area contributed by atoms with Crippen molar-refractivity contribution in [2.75, 3.05) is 23.7 Å². The second-order valence-electron chi connectivity index (χ2n) is 4.33. The summed E-state index contributed by atoms with van der Waals surface area (Å²) >= 11 is 0. The van der Waals surface area contributed by atoms with Crippen molar-refractivity contribution in [3.05, 3.63) is 18.7 Å². The van der Waals surface area contributed by atoms with Crippen molar-refractivity contribution in [1.29, 1.82) is 5.26 Å². The highest BCUT2D eigenvalue weighted by molar-refractivity contribution is 5.38. The largest absolute Gasteiger partial charge is 0.368 e. The highest BCUT2D eigenvalue weighted by Crippen LogP contribution is 2.13. The summed E-state index contributed by atoms with van der Waals surface area (Å²) in [6, 6.07) is 2.20. The average molecular weight is 272 g/mol. The minimum Gasteiger partial charge on any atom is -0.368 e. The number of nitrogens with two attached hydrogens (primary N) is 1. The summed E-state index contributed by atoms with van der Waals surface area (Å²) in [4.78, 5) is 18.4. The molecule has 0 aromatic carbocycles. The number of rotatable bonds is 5. The van der Waals surface area contributed by atoms with Gasteiger partial charge in [-0.2, -0.15) is 20.2 Å². The Morgan fingerprint density at radius 1 is 1.45 bits per heavy atom. The molecule has 0 amide bonds. The highest BCUT2D eigenvalue weighted by atomic mass is 15.3. The minimum absolute atomic E-state index is 0.121. The molecule has 2 rings (SSSR count). The highest BCUT2D eigenvalue weighted by Gasteiger charge is 2.14. The first-order chi connectivity index (χ1) is 9.63. The number of anilines is 2. The van der Waals surface area contributed by atoms with Crippen LogP contribution >= 0.6 is 0 Å². The van der Waals surface area contributed by atoms with Crippen LogP contribution in [0.25, 0.3) is 5.95 Å². The van der Waals surface area contributed by atoms with Crippen molar-refractivity contribution in [1.82, 2.24) is 24.5 Å². The topological polar surface area (TPSA) is 110 Å². The Kier molecular flexibility index (Phi) is 4.10. The zero-order valence-corrected chi connectivity index (χ0v) is 11.4. The molecule has 0 aliphatic rings. The molecular weight excluding hydrogens is 256 g/mol. The standard InChI is InChI=1S/C12H16N8/c1-3-19(7-9(2)6-13)11-16-10(14)17-12(18-11)20-5-4-15-8-20/h4-5,8-9H,3,7H2,1-2H3,(H2,14,16,17,18). The molecule has 2 heterocycles. The fourth-order valence-corrected chi connectivity index (χ4v) is 1.73. The van der Waals surface area contributed by atoms with E-state index in [4.69, 9.17) is 11.0 Å². The SMILES string of the molecule is CCN(CC(C)C#N)c1nc(N)nc(-n2ccnc2)n1. The maximum absolute atomic E-state index is 8.92. The Labute approximate surface area is 116 Å². The van der Waals surface area contributed by atoms with Crippen LogP contribution in [-0.2, 0) is 0 Å². The van der Waals surface area contributed by atoms with E-state index in [2.05, 4.69) is 26.0 Å². The van der Waals surface area contributed by atoms with Gasteiger partial charge in [0.1, 0.15) is 6.33 Å². The van der Waals surface area contributed by atoms with Crippen molar-refractivity contribution in [3.8, 4) is 12.0 Å². The summed E-state index contributed by atoms with van der Waals surface area (Å²) in [7, 11) is 0. The molecule has 1 unspecified atom stereocenters. The molecule has 0 fully saturated rings. The van der Waals surface area contributed by atoms with E-state index < -0.39 is 0 Å². The van der Waals surface area contributed by atoms with Crippen LogP contribution in [0.4, 0.5) is 11.9 Å². The van der Waals surface area contributed by atoms with E-state index in [1.807, 2.05) is 18.7 Å². The Balaban J connectivity index is 2.34. The molecule has 2 aromatic rings. The number of imidazole rings is 1. The van der Waals surface area contributed by atoms with E-state index in [9.17, 15) is 0 Å². The zero-order valence-electron chi connectivity index (χ0n) is 11.4. The lowest BCUT2D eigenvalue weighted by molar-refractivity contribution is 0.667. The van der Waals surface area contributed by atoms with Gasteiger partial charge in [0.2, 0.25) is 17.8 Å². The molecule has 2 aromatic heterocycles. The molecule has 0 spiro atoms. The minimum atomic E-state index is -0.121. The van der Waals surface area contributed by atoms with Crippen LogP contribution in [0, 0.1) is 17.2 Å². The van der Waals surface area contributed by atoms with E-state index in [1.54, 1.807) is 23.3 Å². The van der Waals surface area contributed by atoms with Crippen molar-refractivity contribution in [2.24, 2.45) is 5.92 Å². The first-order valence-corrected chi connectivity index (χ1v) is 6.28. The van der Waals surface area contributed by atoms with Gasteiger partial charge in [0.05, 0.1) is 12.0 Å². The van der Waals surface area contributed by atoms with Gasteiger partial charge < -0.3 is 10.6 Å². The van der Waals surface area contributed by atoms with Gasteiger partial charge in [0, 0.05) is 25.5 Å². The van der Waals surface area contributed by atoms with Crippen LogP contribution in [0.5, 0.6) is 0 Å². The number of hydrogen-bond acceptors (Lipinski definition) is 7. The quantitative estimate of drug-likeness (QED) is 0.849. The van der Waals surface area contributed by atoms with E-state index >= 15 is 0 Å². The van der Waals surface area contributed by atoms with Gasteiger partial charge in [0.25, 0.3) is 0 Å². The van der Waals surface area contributed by atoms with Gasteiger partial charge in [-0.15, -0.1) is 0 Å². The molecule has 0 saturated heterocycles. The van der Waals surface area contributed by atoms with E-state index in [-0.39, 0.29) is 11.9 Å². The lowest BCUT2D eigenvalue weighted by Gasteiger charge is -2.22. The maximum atomic E-state index is 8.92. The smallest absolute Gasteiger partial charge is 0.241 e. The molecule has 2 N–H and O–H groups in total. The second-order valence-corrected chi connectivity index (χ2v) is 4.33. The van der Waals surface area contributed by atoms with Crippen LogP contribution in [0.15, 0.2) is 18.7 Å². The van der Waals surface area contributed by atoms with Crippen molar-refractivity contribution >= 4 is 11.9 Å². The third kappa shape index (κ3) is 3.00. The average Bonchev–Trinajstić information content (AvgIpc) is 2.97. The van der Waals surface area contributed by atoms with Crippen molar-refractivity contribution < 1.29 is 0 Å². The lowest BCUT2D eigenvalue weighted by Crippen LogP contribution is -2.30. The predicted molar refractivity (Wildman–Crippen MR) is 74.0 cm³/mol. The van der Waals surface area contributed by atoms with Crippen molar-refractivity contribution in [2.45, 2.75) is 13.8 Å². The first kappa shape index (κ1) is 13.7. The summed E-state index contributed by atoms with van der Waals surface area (Å²) in [5.74, 6) is 0.894. The molecule has 1 atom stereocenters. The summed E-state index contributed by atoms with van der Waals surface area (Å²) < 4.78 is 1.66. The summed E-state index contributed by atoms with van der Waals surface area (Å²) in [5, 5.41) is 8.92. The molecule has 104 valence electrons. The monoisotopic (exact) mass is 272 g/mol. The van der Waals surface area contributed by atoms with E-state index in [1.165, 1.54) is 0 Å². The molecular formula is C12H16N8. The molecule has 0 aliphatic carbocycles. The molecule has 0 radical (unpaired) electrons. The van der Waals surface area contributed by atoms with Gasteiger partial charge in [-0.05, 0) is 13.8 Å². The molecule has 20 heavy (non-hydrogen) atoms. The van der Waals surface area contributed by atoms with Crippen LogP contribution in [0.2, 0.25) is 0 Å². The van der Waals surface area contributed by atoms with Gasteiger partial charge in [-0.1, -0.05) is 0 Å². The summed E-state index contributed by atoms with van der Waals surface area (Å²) in [6.07, 6.45) is 4.95. The Morgan fingerprint density at radius 3 is 2.85 bits per heavy atom. The molecule has 8 nitrogen and oxygen atoms in total. The predicted octanol–water partition coefficient (Wildman–Crippen LogP) is 0.625. The third-order valence-corrected chi connectivity index (χ3v) is 2.74. The first-order valence-electron chi connectivity index (χ1n) is 6.28. The van der Waals surface area contributed by atoms with Gasteiger partial charge in [-0.25, -0.2) is 4.98 Å². The third-order valence-electron chi connectivity index (χ3n) is 2.74. The van der Waals surface area contributed by atoms with Gasteiger partial charge in [0.15, 0.2) is 0 Å². The number of nitrogen functional groups attached to an aromatic ring is 1. The van der Waals surface area contributed by atoms with Gasteiger partial charge >= 0.3 is 0 Å². The van der Waals surface area contributed by atoms with Gasteiger partial charge in [-0.3, -0.25) is 4.57 Å². The lowest BCUT2D eigenvalue weighted by atomic mass is 10.2. The fraction of sp³-hybridized carbons (Fsp3) is 0.417. The Morgan fingerprint density at radius 2 is 2.25 bits per heavy atom. The van der Waals surface area contributed by atoms with E-state index in [0.717, 1.165) is 0 Å². The molecule has 8 heteroatoms. The summed E-state index contributed by atoms with van der Waals surface area (Å²) in [6.45, 7) is 5.05. The normalized spacial score (nSPS) is 11.8. The van der Waals surface area contributed by atoms with Crippen LogP contribution in [-0.4, -0.2) is 37.6 Å². The number of hydrogen-bond donors (Lipinski definition) is 1. The maximum Gasteiger partial charge on any atom is 0.241 e. The molecule has 0 bridgehead atoms. The Bertz CT molecular complexity index is 600. The van der Waals surface area contributed by atoms with Crippen LogP contribution in [0.3, 0.4) is 0 Å². The van der Waals surface area contributed by atoms with E-state index in [0.29, 0.717) is 25.0 Å². The molecule has 0 saturated carbocycles. The van der Waals surface area contributed by atoms with Crippen LogP contribution in [0.1, 0.15) is 13.8 Å². The van der Waals surface area contributed by atoms with Crippen molar-refractivity contribution in [3.63, 3.8) is 0 Å². The zero-order chi connectivity index (χ0) is 14.5. The van der Waals surface area contributed by atoms with Crippen LogP contribution < -0.4 is 10.6 Å². The molecule has 0 aliphatic heterocycles. The second kappa shape index (κ2) is 5.97. The fourth-order valence-electron chi connectivity index (χ4n) is 1.73.